The number of benzene rings is 2. The molecule has 0 saturated carbocycles. The maximum atomic E-state index is 13.2. The number of aliphatic carboxylic acids is 1. The molecule has 1 heterocycles. The number of urea groups is 1. The van der Waals surface area contributed by atoms with Crippen LogP contribution in [0.3, 0.4) is 0 Å². The minimum Gasteiger partial charge on any atom is -0.480 e. The number of nitrogens with zero attached hydrogens (tertiary/aromatic N) is 2. The lowest BCUT2D eigenvalue weighted by atomic mass is 10.1. The zero-order chi connectivity index (χ0) is 21.5. The SMILES string of the molecule is COCCOC(=O)[C@H]1[C@@H](C(=O)O)N(Cc2ccccc2)C(=O)N1Cc1ccccc1. The predicted octanol–water partition coefficient (Wildman–Crippen LogP) is 2.14. The van der Waals surface area contributed by atoms with E-state index in [4.69, 9.17) is 9.47 Å². The first kappa shape index (κ1) is 21.3. The Hall–Kier alpha value is -3.39. The summed E-state index contributed by atoms with van der Waals surface area (Å²) in [4.78, 5) is 40.7. The second-order valence-corrected chi connectivity index (χ2v) is 6.90. The van der Waals surface area contributed by atoms with E-state index in [-0.39, 0.29) is 26.3 Å². The molecule has 3 rings (SSSR count). The Labute approximate surface area is 174 Å². The monoisotopic (exact) mass is 412 g/mol. The summed E-state index contributed by atoms with van der Waals surface area (Å²) >= 11 is 0. The van der Waals surface area contributed by atoms with Crippen molar-refractivity contribution in [3.05, 3.63) is 71.8 Å². The molecule has 1 aliphatic heterocycles. The molecule has 2 amide bonds. The molecular weight excluding hydrogens is 388 g/mol. The first-order chi connectivity index (χ1) is 14.5. The van der Waals surface area contributed by atoms with Crippen LogP contribution in [-0.4, -0.2) is 65.3 Å². The molecular formula is C22H24N2O6. The topological polar surface area (TPSA) is 96.4 Å². The molecule has 0 spiro atoms. The van der Waals surface area contributed by atoms with Gasteiger partial charge in [0, 0.05) is 20.2 Å². The van der Waals surface area contributed by atoms with Gasteiger partial charge in [-0.1, -0.05) is 60.7 Å². The molecule has 1 N–H and O–H groups in total. The van der Waals surface area contributed by atoms with Crippen LogP contribution in [0.25, 0.3) is 0 Å². The Balaban J connectivity index is 1.92. The summed E-state index contributed by atoms with van der Waals surface area (Å²) in [6.45, 7) is 0.323. The Morgan fingerprint density at radius 3 is 1.83 bits per heavy atom. The summed E-state index contributed by atoms with van der Waals surface area (Å²) in [7, 11) is 1.47. The van der Waals surface area contributed by atoms with Gasteiger partial charge in [-0.3, -0.25) is 0 Å². The Bertz CT molecular complexity index is 874. The fourth-order valence-electron chi connectivity index (χ4n) is 3.47. The van der Waals surface area contributed by atoms with E-state index < -0.39 is 30.1 Å². The van der Waals surface area contributed by atoms with Crippen LogP contribution >= 0.6 is 0 Å². The maximum Gasteiger partial charge on any atom is 0.331 e. The van der Waals surface area contributed by atoms with Crippen LogP contribution in [-0.2, 0) is 32.2 Å². The molecule has 2 aromatic carbocycles. The van der Waals surface area contributed by atoms with Gasteiger partial charge >= 0.3 is 18.0 Å². The van der Waals surface area contributed by atoms with Gasteiger partial charge in [-0.25, -0.2) is 14.4 Å². The number of hydrogen-bond donors (Lipinski definition) is 1. The lowest BCUT2D eigenvalue weighted by molar-refractivity contribution is -0.156. The molecule has 0 aliphatic carbocycles. The highest BCUT2D eigenvalue weighted by Crippen LogP contribution is 2.28. The van der Waals surface area contributed by atoms with E-state index in [1.165, 1.54) is 16.9 Å². The lowest BCUT2D eigenvalue weighted by Gasteiger charge is -2.23. The molecule has 8 nitrogen and oxygen atoms in total. The number of methoxy groups -OCH3 is 1. The van der Waals surface area contributed by atoms with E-state index in [0.29, 0.717) is 0 Å². The number of carboxylic acid groups (broad SMARTS) is 1. The van der Waals surface area contributed by atoms with E-state index in [1.54, 1.807) is 12.1 Å². The van der Waals surface area contributed by atoms with Crippen LogP contribution in [0.4, 0.5) is 4.79 Å². The molecule has 1 saturated heterocycles. The van der Waals surface area contributed by atoms with Crippen LogP contribution in [0.5, 0.6) is 0 Å². The van der Waals surface area contributed by atoms with E-state index >= 15 is 0 Å². The van der Waals surface area contributed by atoms with Gasteiger partial charge in [-0.15, -0.1) is 0 Å². The number of ether oxygens (including phenoxy) is 2. The molecule has 1 aliphatic rings. The highest BCUT2D eigenvalue weighted by atomic mass is 16.6. The summed E-state index contributed by atoms with van der Waals surface area (Å²) in [5, 5.41) is 9.90. The van der Waals surface area contributed by atoms with Gasteiger partial charge in [0.25, 0.3) is 0 Å². The zero-order valence-electron chi connectivity index (χ0n) is 16.6. The third-order valence-electron chi connectivity index (χ3n) is 4.88. The second-order valence-electron chi connectivity index (χ2n) is 6.90. The number of amides is 2. The molecule has 158 valence electrons. The van der Waals surface area contributed by atoms with E-state index in [0.717, 1.165) is 11.1 Å². The van der Waals surface area contributed by atoms with Crippen molar-refractivity contribution in [2.45, 2.75) is 25.2 Å². The summed E-state index contributed by atoms with van der Waals surface area (Å²) in [6, 6.07) is 15.0. The van der Waals surface area contributed by atoms with Crippen molar-refractivity contribution in [1.82, 2.24) is 9.80 Å². The van der Waals surface area contributed by atoms with Gasteiger partial charge in [0.15, 0.2) is 12.1 Å². The van der Waals surface area contributed by atoms with Crippen molar-refractivity contribution in [1.29, 1.82) is 0 Å². The fraction of sp³-hybridized carbons (Fsp3) is 0.318. The molecule has 1 fully saturated rings. The number of hydrogen-bond acceptors (Lipinski definition) is 5. The van der Waals surface area contributed by atoms with Crippen LogP contribution in [0.15, 0.2) is 60.7 Å². The van der Waals surface area contributed by atoms with Gasteiger partial charge in [-0.05, 0) is 11.1 Å². The van der Waals surface area contributed by atoms with Gasteiger partial charge in [0.1, 0.15) is 6.61 Å². The average molecular weight is 412 g/mol. The summed E-state index contributed by atoms with van der Waals surface area (Å²) in [5.41, 5.74) is 1.55. The Morgan fingerprint density at radius 2 is 1.37 bits per heavy atom. The second kappa shape index (κ2) is 9.89. The molecule has 30 heavy (non-hydrogen) atoms. The summed E-state index contributed by atoms with van der Waals surface area (Å²) in [6.07, 6.45) is 0. The van der Waals surface area contributed by atoms with Crippen LogP contribution < -0.4 is 0 Å². The Morgan fingerprint density at radius 1 is 0.867 bits per heavy atom. The quantitative estimate of drug-likeness (QED) is 0.501. The molecule has 8 heteroatoms. The molecule has 0 unspecified atom stereocenters. The highest BCUT2D eigenvalue weighted by Gasteiger charge is 2.53. The van der Waals surface area contributed by atoms with Crippen molar-refractivity contribution in [3.63, 3.8) is 0 Å². The molecule has 2 aromatic rings. The summed E-state index contributed by atoms with van der Waals surface area (Å²) < 4.78 is 10.1. The molecule has 0 aromatic heterocycles. The van der Waals surface area contributed by atoms with Gasteiger partial charge in [-0.2, -0.15) is 0 Å². The third kappa shape index (κ3) is 4.77. The minimum atomic E-state index is -1.36. The Kier molecular flexibility index (Phi) is 7.03. The van der Waals surface area contributed by atoms with Gasteiger partial charge in [0.05, 0.1) is 6.61 Å². The molecule has 0 bridgehead atoms. The first-order valence-electron chi connectivity index (χ1n) is 9.56. The van der Waals surface area contributed by atoms with E-state index in [2.05, 4.69) is 0 Å². The number of carbonyl (C=O) groups is 3. The van der Waals surface area contributed by atoms with Gasteiger partial charge in [0.2, 0.25) is 0 Å². The van der Waals surface area contributed by atoms with Gasteiger partial charge < -0.3 is 24.4 Å². The highest BCUT2D eigenvalue weighted by molar-refractivity contribution is 5.96. The van der Waals surface area contributed by atoms with Crippen LogP contribution in [0.2, 0.25) is 0 Å². The van der Waals surface area contributed by atoms with Crippen molar-refractivity contribution in [2.24, 2.45) is 0 Å². The number of carboxylic acids is 1. The molecule has 2 atom stereocenters. The smallest absolute Gasteiger partial charge is 0.331 e. The third-order valence-corrected chi connectivity index (χ3v) is 4.88. The van der Waals surface area contributed by atoms with Crippen molar-refractivity contribution in [2.75, 3.05) is 20.3 Å². The summed E-state index contributed by atoms with van der Waals surface area (Å²) in [5.74, 6) is -2.03. The maximum absolute atomic E-state index is 13.2. The van der Waals surface area contributed by atoms with Crippen molar-refractivity contribution < 1.29 is 29.0 Å². The van der Waals surface area contributed by atoms with E-state index in [9.17, 15) is 19.5 Å². The van der Waals surface area contributed by atoms with Crippen LogP contribution in [0, 0.1) is 0 Å². The predicted molar refractivity (Wildman–Crippen MR) is 107 cm³/mol. The van der Waals surface area contributed by atoms with Crippen LogP contribution in [0.1, 0.15) is 11.1 Å². The largest absolute Gasteiger partial charge is 0.480 e. The zero-order valence-corrected chi connectivity index (χ0v) is 16.6. The fourth-order valence-corrected chi connectivity index (χ4v) is 3.47. The van der Waals surface area contributed by atoms with Crippen molar-refractivity contribution >= 4 is 18.0 Å². The number of esters is 1. The van der Waals surface area contributed by atoms with E-state index in [1.807, 2.05) is 48.5 Å². The average Bonchev–Trinajstić information content (AvgIpc) is 3.02. The standard InChI is InChI=1S/C22H24N2O6/c1-29-12-13-30-21(27)19-18(20(25)26)23(14-16-8-4-2-5-9-16)22(28)24(19)15-17-10-6-3-7-11-17/h2-11,18-19H,12-15H2,1H3,(H,25,26)/t18-,19+/m0/s1. The first-order valence-corrected chi connectivity index (χ1v) is 9.56. The van der Waals surface area contributed by atoms with Crippen molar-refractivity contribution in [3.8, 4) is 0 Å². The number of carbonyl (C=O) groups excluding carboxylic acids is 2. The number of rotatable bonds is 9. The molecule has 0 radical (unpaired) electrons. The normalized spacial score (nSPS) is 18.5. The lowest BCUT2D eigenvalue weighted by Crippen LogP contribution is -2.48. The minimum absolute atomic E-state index is 0.0236.